The molecule has 0 saturated heterocycles. The average molecular weight is 505 g/mol. The summed E-state index contributed by atoms with van der Waals surface area (Å²) in [6, 6.07) is 1.35. The van der Waals surface area contributed by atoms with Crippen molar-refractivity contribution in [2.75, 3.05) is 14.1 Å². The highest BCUT2D eigenvalue weighted by Crippen LogP contribution is 2.30. The molecule has 3 aromatic heterocycles. The highest BCUT2D eigenvalue weighted by atomic mass is 19.4. The molecule has 3 heterocycles. The zero-order valence-electron chi connectivity index (χ0n) is 18.3. The normalized spacial score (nSPS) is 12.9. The molecule has 188 valence electrons. The molecule has 0 bridgehead atoms. The molecule has 1 unspecified atom stereocenters. The Morgan fingerprint density at radius 1 is 1.11 bits per heavy atom. The minimum atomic E-state index is -4.87. The Hall–Kier alpha value is -3.98. The second-order valence-corrected chi connectivity index (χ2v) is 7.44. The summed E-state index contributed by atoms with van der Waals surface area (Å²) in [7, 11) is 2.76. The SMILES string of the molecule is CC(NC(=O)c1cc(C(F)(F)F)nn1CC(=O)N(C)C)c1nc(-c2ccnc(C(F)(F)F)c2)no1. The van der Waals surface area contributed by atoms with Gasteiger partial charge < -0.3 is 14.7 Å². The summed E-state index contributed by atoms with van der Waals surface area (Å²) >= 11 is 0. The first-order chi connectivity index (χ1) is 16.2. The predicted molar refractivity (Wildman–Crippen MR) is 104 cm³/mol. The number of hydrogen-bond donors (Lipinski definition) is 1. The number of carbonyl (C=O) groups excluding carboxylic acids is 2. The molecule has 0 aliphatic carbocycles. The molecule has 1 atom stereocenters. The molecule has 16 heteroatoms. The first-order valence-corrected chi connectivity index (χ1v) is 9.70. The molecule has 0 spiro atoms. The number of hydrogen-bond acceptors (Lipinski definition) is 7. The molecule has 0 aliphatic heterocycles. The Labute approximate surface area is 192 Å². The molecule has 3 rings (SSSR count). The number of aromatic nitrogens is 5. The smallest absolute Gasteiger partial charge is 0.347 e. The van der Waals surface area contributed by atoms with E-state index in [0.29, 0.717) is 16.8 Å². The fourth-order valence-electron chi connectivity index (χ4n) is 2.71. The van der Waals surface area contributed by atoms with Crippen molar-refractivity contribution in [2.24, 2.45) is 0 Å². The first-order valence-electron chi connectivity index (χ1n) is 9.70. The third kappa shape index (κ3) is 5.93. The van der Waals surface area contributed by atoms with Crippen molar-refractivity contribution in [1.82, 2.24) is 35.1 Å². The van der Waals surface area contributed by atoms with Gasteiger partial charge in [-0.25, -0.2) is 4.68 Å². The summed E-state index contributed by atoms with van der Waals surface area (Å²) in [5.74, 6) is -2.10. The second kappa shape index (κ2) is 9.34. The van der Waals surface area contributed by atoms with Crippen LogP contribution in [0.1, 0.15) is 40.7 Å². The largest absolute Gasteiger partial charge is 0.435 e. The Morgan fingerprint density at radius 2 is 1.77 bits per heavy atom. The number of pyridine rings is 1. The zero-order chi connectivity index (χ0) is 26.1. The minimum Gasteiger partial charge on any atom is -0.347 e. The molecule has 3 aromatic rings. The lowest BCUT2D eigenvalue weighted by Gasteiger charge is -2.13. The van der Waals surface area contributed by atoms with Crippen molar-refractivity contribution in [3.8, 4) is 11.4 Å². The molecule has 35 heavy (non-hydrogen) atoms. The Kier molecular flexibility index (Phi) is 6.84. The van der Waals surface area contributed by atoms with Crippen LogP contribution in [-0.4, -0.2) is 55.7 Å². The summed E-state index contributed by atoms with van der Waals surface area (Å²) in [4.78, 5) is 32.9. The van der Waals surface area contributed by atoms with Crippen molar-refractivity contribution in [1.29, 1.82) is 0 Å². The van der Waals surface area contributed by atoms with Crippen LogP contribution in [0.3, 0.4) is 0 Å². The Balaban J connectivity index is 1.82. The average Bonchev–Trinajstić information content (AvgIpc) is 3.40. The van der Waals surface area contributed by atoms with Crippen LogP contribution in [-0.2, 0) is 23.7 Å². The van der Waals surface area contributed by atoms with Gasteiger partial charge in [0.2, 0.25) is 17.6 Å². The number of amides is 2. The van der Waals surface area contributed by atoms with E-state index in [9.17, 15) is 35.9 Å². The standard InChI is InChI=1S/C19H17F6N7O3/c1-9(17-28-15(30-35-17)10-4-5-26-12(6-10)18(20,21)22)27-16(34)11-7-13(19(23,24)25)29-32(11)8-14(33)31(2)3/h4-7,9H,8H2,1-3H3,(H,27,34). The zero-order valence-corrected chi connectivity index (χ0v) is 18.3. The summed E-state index contributed by atoms with van der Waals surface area (Å²) < 4.78 is 83.6. The van der Waals surface area contributed by atoms with Gasteiger partial charge in [-0.1, -0.05) is 5.16 Å². The van der Waals surface area contributed by atoms with Gasteiger partial charge in [0, 0.05) is 31.9 Å². The van der Waals surface area contributed by atoms with Crippen molar-refractivity contribution in [3.05, 3.63) is 47.4 Å². The Morgan fingerprint density at radius 3 is 2.37 bits per heavy atom. The fraction of sp³-hybridized carbons (Fsp3) is 0.368. The van der Waals surface area contributed by atoms with Gasteiger partial charge in [0.25, 0.3) is 5.91 Å². The number of likely N-dealkylation sites (N-methyl/N-ethyl adjacent to an activating group) is 1. The van der Waals surface area contributed by atoms with E-state index in [4.69, 9.17) is 4.52 Å². The molecule has 0 fully saturated rings. The molecule has 10 nitrogen and oxygen atoms in total. The lowest BCUT2D eigenvalue weighted by Crippen LogP contribution is -2.32. The molecule has 0 radical (unpaired) electrons. The van der Waals surface area contributed by atoms with Crippen LogP contribution >= 0.6 is 0 Å². The second-order valence-electron chi connectivity index (χ2n) is 7.44. The highest BCUT2D eigenvalue weighted by molar-refractivity contribution is 5.93. The molecule has 0 aromatic carbocycles. The maximum atomic E-state index is 13.1. The van der Waals surface area contributed by atoms with Gasteiger partial charge >= 0.3 is 12.4 Å². The highest BCUT2D eigenvalue weighted by Gasteiger charge is 2.37. The minimum absolute atomic E-state index is 0.0593. The summed E-state index contributed by atoms with van der Waals surface area (Å²) in [6.45, 7) is 0.730. The number of rotatable bonds is 6. The van der Waals surface area contributed by atoms with Crippen LogP contribution in [0.5, 0.6) is 0 Å². The number of nitrogens with one attached hydrogen (secondary N) is 1. The van der Waals surface area contributed by atoms with Crippen molar-refractivity contribution in [3.63, 3.8) is 0 Å². The lowest BCUT2D eigenvalue weighted by molar-refractivity contribution is -0.142. The molecule has 2 amide bonds. The van der Waals surface area contributed by atoms with Crippen molar-refractivity contribution in [2.45, 2.75) is 31.9 Å². The Bertz CT molecular complexity index is 1230. The molecular formula is C19H17F6N7O3. The van der Waals surface area contributed by atoms with E-state index in [0.717, 1.165) is 11.1 Å². The van der Waals surface area contributed by atoms with E-state index in [1.54, 1.807) is 0 Å². The van der Waals surface area contributed by atoms with Crippen LogP contribution < -0.4 is 5.32 Å². The lowest BCUT2D eigenvalue weighted by atomic mass is 10.2. The van der Waals surface area contributed by atoms with Crippen LogP contribution in [0.25, 0.3) is 11.4 Å². The van der Waals surface area contributed by atoms with Crippen molar-refractivity contribution >= 4 is 11.8 Å². The topological polar surface area (TPSA) is 119 Å². The van der Waals surface area contributed by atoms with Crippen LogP contribution in [0.15, 0.2) is 28.9 Å². The van der Waals surface area contributed by atoms with Crippen LogP contribution in [0, 0.1) is 0 Å². The van der Waals surface area contributed by atoms with E-state index in [2.05, 4.69) is 25.5 Å². The van der Waals surface area contributed by atoms with Crippen LogP contribution in [0.2, 0.25) is 0 Å². The number of halogens is 6. The van der Waals surface area contributed by atoms with E-state index >= 15 is 0 Å². The third-order valence-electron chi connectivity index (χ3n) is 4.56. The predicted octanol–water partition coefficient (Wildman–Crippen LogP) is 2.94. The van der Waals surface area contributed by atoms with Gasteiger partial charge in [0.1, 0.15) is 24.0 Å². The number of nitrogens with zero attached hydrogens (tertiary/aromatic N) is 6. The number of carbonyl (C=O) groups is 2. The first kappa shape index (κ1) is 25.6. The number of alkyl halides is 6. The van der Waals surface area contributed by atoms with Gasteiger partial charge in [-0.3, -0.25) is 14.6 Å². The van der Waals surface area contributed by atoms with Gasteiger partial charge in [-0.2, -0.15) is 36.4 Å². The van der Waals surface area contributed by atoms with Gasteiger partial charge in [0.05, 0.1) is 0 Å². The van der Waals surface area contributed by atoms with Gasteiger partial charge in [-0.15, -0.1) is 0 Å². The quantitative estimate of drug-likeness (QED) is 0.512. The molecular weight excluding hydrogens is 488 g/mol. The van der Waals surface area contributed by atoms with Gasteiger partial charge in [-0.05, 0) is 19.1 Å². The van der Waals surface area contributed by atoms with Crippen molar-refractivity contribution < 1.29 is 40.5 Å². The fourth-order valence-corrected chi connectivity index (χ4v) is 2.71. The van der Waals surface area contributed by atoms with E-state index in [1.165, 1.54) is 27.1 Å². The maximum absolute atomic E-state index is 13.1. The van der Waals surface area contributed by atoms with Gasteiger partial charge in [0.15, 0.2) is 5.69 Å². The summed E-state index contributed by atoms with van der Waals surface area (Å²) in [6.07, 6.45) is -8.65. The summed E-state index contributed by atoms with van der Waals surface area (Å²) in [5, 5.41) is 9.23. The molecule has 1 N–H and O–H groups in total. The van der Waals surface area contributed by atoms with E-state index < -0.39 is 53.8 Å². The monoisotopic (exact) mass is 505 g/mol. The molecule has 0 saturated carbocycles. The maximum Gasteiger partial charge on any atom is 0.435 e. The third-order valence-corrected chi connectivity index (χ3v) is 4.56. The van der Waals surface area contributed by atoms with Crippen LogP contribution in [0.4, 0.5) is 26.3 Å². The molecule has 0 aliphatic rings. The van der Waals surface area contributed by atoms with E-state index in [1.807, 2.05) is 0 Å². The summed E-state index contributed by atoms with van der Waals surface area (Å²) in [5.41, 5.74) is -3.16. The van der Waals surface area contributed by atoms with E-state index in [-0.39, 0.29) is 17.3 Å².